The molecule has 1 heteroatoms. The van der Waals surface area contributed by atoms with Crippen LogP contribution in [0.2, 0.25) is 0 Å². The Morgan fingerprint density at radius 2 is 1.83 bits per heavy atom. The van der Waals surface area contributed by atoms with Crippen LogP contribution in [-0.2, 0) is 0 Å². The van der Waals surface area contributed by atoms with Gasteiger partial charge in [-0.25, -0.2) is 0 Å². The molecule has 0 radical (unpaired) electrons. The summed E-state index contributed by atoms with van der Waals surface area (Å²) < 4.78 is 0. The highest BCUT2D eigenvalue weighted by atomic mass is 16.3. The summed E-state index contributed by atoms with van der Waals surface area (Å²) in [6, 6.07) is 0. The van der Waals surface area contributed by atoms with Crippen LogP contribution < -0.4 is 0 Å². The predicted octanol–water partition coefficient (Wildman–Crippen LogP) is 2.97. The van der Waals surface area contributed by atoms with E-state index in [0.717, 1.165) is 6.42 Å². The molecule has 0 aromatic rings. The summed E-state index contributed by atoms with van der Waals surface area (Å²) in [6.07, 6.45) is 4.66. The van der Waals surface area contributed by atoms with Crippen LogP contribution in [0.15, 0.2) is 0 Å². The second kappa shape index (κ2) is 3.02. The second-order valence-corrected chi connectivity index (χ2v) is 5.52. The zero-order valence-electron chi connectivity index (χ0n) is 8.85. The van der Waals surface area contributed by atoms with Crippen molar-refractivity contribution in [3.05, 3.63) is 0 Å². The summed E-state index contributed by atoms with van der Waals surface area (Å²) in [5.41, 5.74) is -0.166. The lowest BCUT2D eigenvalue weighted by atomic mass is 9.64. The Labute approximate surface area is 76.2 Å². The molecule has 1 nitrogen and oxygen atoms in total. The van der Waals surface area contributed by atoms with Crippen LogP contribution in [0.3, 0.4) is 0 Å². The molecule has 0 aromatic carbocycles. The van der Waals surface area contributed by atoms with Crippen molar-refractivity contribution in [1.29, 1.82) is 0 Å². The third-order valence-corrected chi connectivity index (χ3v) is 3.22. The fraction of sp³-hybridized carbons (Fsp3) is 1.00. The van der Waals surface area contributed by atoms with E-state index in [4.69, 9.17) is 0 Å². The Hall–Kier alpha value is -0.0400. The molecule has 1 N–H and O–H groups in total. The molecule has 0 spiro atoms. The van der Waals surface area contributed by atoms with Crippen LogP contribution in [0.1, 0.15) is 53.4 Å². The third-order valence-electron chi connectivity index (χ3n) is 3.22. The van der Waals surface area contributed by atoms with Gasteiger partial charge in [-0.1, -0.05) is 33.6 Å². The third kappa shape index (κ3) is 2.01. The number of aliphatic hydroxyl groups is 1. The quantitative estimate of drug-likeness (QED) is 0.592. The van der Waals surface area contributed by atoms with Gasteiger partial charge in [0.05, 0.1) is 5.60 Å². The molecule has 1 aliphatic rings. The van der Waals surface area contributed by atoms with Crippen LogP contribution in [0, 0.1) is 11.3 Å². The minimum Gasteiger partial charge on any atom is -0.390 e. The van der Waals surface area contributed by atoms with Crippen LogP contribution in [0.25, 0.3) is 0 Å². The van der Waals surface area contributed by atoms with E-state index in [1.807, 2.05) is 6.92 Å². The van der Waals surface area contributed by atoms with Gasteiger partial charge in [0.1, 0.15) is 0 Å². The van der Waals surface area contributed by atoms with E-state index in [9.17, 15) is 5.11 Å². The van der Waals surface area contributed by atoms with Gasteiger partial charge in [0.25, 0.3) is 0 Å². The molecule has 0 bridgehead atoms. The van der Waals surface area contributed by atoms with Crippen molar-refractivity contribution in [3.63, 3.8) is 0 Å². The fourth-order valence-electron chi connectivity index (χ4n) is 2.68. The van der Waals surface area contributed by atoms with E-state index in [1.54, 1.807) is 0 Å². The molecule has 1 rings (SSSR count). The number of hydrogen-bond donors (Lipinski definition) is 1. The molecule has 1 saturated carbocycles. The van der Waals surface area contributed by atoms with E-state index in [1.165, 1.54) is 19.3 Å². The van der Waals surface area contributed by atoms with E-state index >= 15 is 0 Å². The van der Waals surface area contributed by atoms with Crippen molar-refractivity contribution >= 4 is 0 Å². The van der Waals surface area contributed by atoms with Gasteiger partial charge in [-0.05, 0) is 31.1 Å². The van der Waals surface area contributed by atoms with Gasteiger partial charge in [0.15, 0.2) is 0 Å². The fourth-order valence-corrected chi connectivity index (χ4v) is 2.68. The van der Waals surface area contributed by atoms with Gasteiger partial charge >= 0.3 is 0 Å². The summed E-state index contributed by atoms with van der Waals surface area (Å²) in [5.74, 6) is 0.471. The maximum absolute atomic E-state index is 10.2. The molecule has 72 valence electrons. The van der Waals surface area contributed by atoms with Gasteiger partial charge in [-0.3, -0.25) is 0 Å². The lowest BCUT2D eigenvalue weighted by Gasteiger charge is -2.44. The molecule has 0 aliphatic heterocycles. The summed E-state index contributed by atoms with van der Waals surface area (Å²) in [5, 5.41) is 10.2. The normalized spacial score (nSPS) is 38.2. The van der Waals surface area contributed by atoms with Crippen molar-refractivity contribution in [1.82, 2.24) is 0 Å². The van der Waals surface area contributed by atoms with Gasteiger partial charge in [-0.15, -0.1) is 0 Å². The van der Waals surface area contributed by atoms with Crippen molar-refractivity contribution < 1.29 is 5.11 Å². The molecule has 0 unspecified atom stereocenters. The first-order valence-corrected chi connectivity index (χ1v) is 5.06. The lowest BCUT2D eigenvalue weighted by molar-refractivity contribution is -0.0752. The minimum absolute atomic E-state index is 0.254. The zero-order valence-corrected chi connectivity index (χ0v) is 8.85. The standard InChI is InChI=1S/C11H22O/c1-10(2,3)9-7-5-6-8-11(9,4)12/h9,12H,5-8H2,1-4H3/t9-,11-/m1/s1. The lowest BCUT2D eigenvalue weighted by Crippen LogP contribution is -2.44. The van der Waals surface area contributed by atoms with Crippen LogP contribution in [0.4, 0.5) is 0 Å². The molecule has 0 saturated heterocycles. The zero-order chi connectivity index (χ0) is 9.41. The van der Waals surface area contributed by atoms with Gasteiger partial charge in [0, 0.05) is 0 Å². The largest absolute Gasteiger partial charge is 0.390 e. The maximum atomic E-state index is 10.2. The molecular formula is C11H22O. The van der Waals surface area contributed by atoms with Crippen molar-refractivity contribution in [2.24, 2.45) is 11.3 Å². The first kappa shape index (κ1) is 10.0. The van der Waals surface area contributed by atoms with E-state index < -0.39 is 5.60 Å². The molecular weight excluding hydrogens is 148 g/mol. The Balaban J connectivity index is 2.73. The summed E-state index contributed by atoms with van der Waals surface area (Å²) in [4.78, 5) is 0. The Morgan fingerprint density at radius 3 is 2.17 bits per heavy atom. The highest BCUT2D eigenvalue weighted by molar-refractivity contribution is 4.92. The highest BCUT2D eigenvalue weighted by Crippen LogP contribution is 2.43. The summed E-state index contributed by atoms with van der Waals surface area (Å²) in [7, 11) is 0. The van der Waals surface area contributed by atoms with Crippen molar-refractivity contribution in [2.45, 2.75) is 59.0 Å². The topological polar surface area (TPSA) is 20.2 Å². The molecule has 1 fully saturated rings. The van der Waals surface area contributed by atoms with Crippen LogP contribution in [-0.4, -0.2) is 10.7 Å². The molecule has 0 aromatic heterocycles. The second-order valence-electron chi connectivity index (χ2n) is 5.52. The summed E-state index contributed by atoms with van der Waals surface area (Å²) >= 11 is 0. The van der Waals surface area contributed by atoms with E-state index in [2.05, 4.69) is 20.8 Å². The number of hydrogen-bond acceptors (Lipinski definition) is 1. The highest BCUT2D eigenvalue weighted by Gasteiger charge is 2.41. The molecule has 12 heavy (non-hydrogen) atoms. The Morgan fingerprint density at radius 1 is 1.25 bits per heavy atom. The molecule has 0 amide bonds. The summed E-state index contributed by atoms with van der Waals surface area (Å²) in [6.45, 7) is 8.70. The molecule has 0 heterocycles. The Bertz CT molecular complexity index is 153. The Kier molecular flexibility index (Phi) is 2.53. The van der Waals surface area contributed by atoms with E-state index in [-0.39, 0.29) is 5.41 Å². The van der Waals surface area contributed by atoms with Crippen LogP contribution >= 0.6 is 0 Å². The molecule has 1 aliphatic carbocycles. The predicted molar refractivity (Wildman–Crippen MR) is 52.0 cm³/mol. The van der Waals surface area contributed by atoms with E-state index in [0.29, 0.717) is 5.92 Å². The maximum Gasteiger partial charge on any atom is 0.0652 e. The first-order valence-electron chi connectivity index (χ1n) is 5.06. The number of rotatable bonds is 0. The average molecular weight is 170 g/mol. The first-order chi connectivity index (χ1) is 5.34. The van der Waals surface area contributed by atoms with Crippen molar-refractivity contribution in [3.8, 4) is 0 Å². The average Bonchev–Trinajstić information content (AvgIpc) is 1.83. The smallest absolute Gasteiger partial charge is 0.0652 e. The molecule has 2 atom stereocenters. The van der Waals surface area contributed by atoms with Gasteiger partial charge in [0.2, 0.25) is 0 Å². The van der Waals surface area contributed by atoms with Gasteiger partial charge in [-0.2, -0.15) is 0 Å². The minimum atomic E-state index is -0.420. The SMILES string of the molecule is CC(C)(C)[C@H]1CCCC[C@@]1(C)O. The van der Waals surface area contributed by atoms with Crippen LogP contribution in [0.5, 0.6) is 0 Å². The van der Waals surface area contributed by atoms with Crippen molar-refractivity contribution in [2.75, 3.05) is 0 Å². The van der Waals surface area contributed by atoms with Gasteiger partial charge < -0.3 is 5.11 Å². The monoisotopic (exact) mass is 170 g/mol.